The highest BCUT2D eigenvalue weighted by Gasteiger charge is 2.19. The summed E-state index contributed by atoms with van der Waals surface area (Å²) in [6.45, 7) is 4.55. The summed E-state index contributed by atoms with van der Waals surface area (Å²) in [5.41, 5.74) is 0.821. The molecule has 1 aliphatic heterocycles. The van der Waals surface area contributed by atoms with Crippen molar-refractivity contribution in [3.8, 4) is 11.5 Å². The van der Waals surface area contributed by atoms with Gasteiger partial charge in [-0.1, -0.05) is 0 Å². The van der Waals surface area contributed by atoms with E-state index in [1.807, 2.05) is 13.8 Å². The van der Waals surface area contributed by atoms with Crippen molar-refractivity contribution in [1.82, 2.24) is 5.32 Å². The Kier molecular flexibility index (Phi) is 5.03. The van der Waals surface area contributed by atoms with Crippen molar-refractivity contribution < 1.29 is 22.7 Å². The molecular weight excluding hydrogens is 356 g/mol. The van der Waals surface area contributed by atoms with Crippen LogP contribution in [0.25, 0.3) is 0 Å². The van der Waals surface area contributed by atoms with Gasteiger partial charge in [-0.2, -0.15) is 0 Å². The second-order valence-electron chi connectivity index (χ2n) is 6.12. The summed E-state index contributed by atoms with van der Waals surface area (Å²) in [4.78, 5) is 12.0. The van der Waals surface area contributed by atoms with Gasteiger partial charge in [-0.3, -0.25) is 9.52 Å². The minimum absolute atomic E-state index is 0.0240. The zero-order valence-electron chi connectivity index (χ0n) is 14.5. The van der Waals surface area contributed by atoms with Crippen LogP contribution in [0.2, 0.25) is 0 Å². The highest BCUT2D eigenvalue weighted by molar-refractivity contribution is 7.92. The molecule has 0 unspecified atom stereocenters. The molecular formula is C18H20N2O5S. The number of sulfonamides is 1. The Hall–Kier alpha value is -2.74. The molecule has 138 valence electrons. The molecule has 0 fully saturated rings. The van der Waals surface area contributed by atoms with Gasteiger partial charge in [0, 0.05) is 23.4 Å². The molecule has 0 spiro atoms. The smallest absolute Gasteiger partial charge is 0.262 e. The molecule has 7 nitrogen and oxygen atoms in total. The number of hydrogen-bond donors (Lipinski definition) is 2. The van der Waals surface area contributed by atoms with Gasteiger partial charge in [0.1, 0.15) is 13.2 Å². The van der Waals surface area contributed by atoms with Gasteiger partial charge in [0.05, 0.1) is 4.90 Å². The largest absolute Gasteiger partial charge is 0.486 e. The number of amides is 1. The van der Waals surface area contributed by atoms with Crippen molar-refractivity contribution >= 4 is 21.6 Å². The maximum absolute atomic E-state index is 12.6. The molecule has 0 radical (unpaired) electrons. The van der Waals surface area contributed by atoms with E-state index in [2.05, 4.69) is 10.0 Å². The molecule has 0 aliphatic carbocycles. The van der Waals surface area contributed by atoms with E-state index < -0.39 is 10.0 Å². The zero-order chi connectivity index (χ0) is 18.7. The van der Waals surface area contributed by atoms with Crippen LogP contribution >= 0.6 is 0 Å². The lowest BCUT2D eigenvalue weighted by molar-refractivity contribution is 0.0943. The molecule has 8 heteroatoms. The Morgan fingerprint density at radius 3 is 2.31 bits per heavy atom. The number of hydrogen-bond acceptors (Lipinski definition) is 5. The van der Waals surface area contributed by atoms with Crippen molar-refractivity contribution in [2.24, 2.45) is 0 Å². The second kappa shape index (κ2) is 7.25. The highest BCUT2D eigenvalue weighted by atomic mass is 32.2. The molecule has 3 rings (SSSR count). The first-order chi connectivity index (χ1) is 12.3. The molecule has 0 bridgehead atoms. The molecule has 0 saturated carbocycles. The minimum atomic E-state index is -3.79. The molecule has 0 aromatic heterocycles. The monoisotopic (exact) mass is 376 g/mol. The maximum Gasteiger partial charge on any atom is 0.262 e. The number of carbonyl (C=O) groups is 1. The van der Waals surface area contributed by atoms with Crippen molar-refractivity contribution in [1.29, 1.82) is 0 Å². The number of nitrogens with one attached hydrogen (secondary N) is 2. The lowest BCUT2D eigenvalue weighted by Gasteiger charge is -2.19. The van der Waals surface area contributed by atoms with Gasteiger partial charge in [0.25, 0.3) is 15.9 Å². The first-order valence-electron chi connectivity index (χ1n) is 8.18. The average Bonchev–Trinajstić information content (AvgIpc) is 2.61. The molecule has 2 aromatic carbocycles. The summed E-state index contributed by atoms with van der Waals surface area (Å²) >= 11 is 0. The van der Waals surface area contributed by atoms with Crippen LogP contribution in [0.5, 0.6) is 11.5 Å². The topological polar surface area (TPSA) is 93.7 Å². The van der Waals surface area contributed by atoms with Crippen molar-refractivity contribution in [3.05, 3.63) is 48.0 Å². The van der Waals surface area contributed by atoms with E-state index in [1.54, 1.807) is 30.3 Å². The van der Waals surface area contributed by atoms with Crippen molar-refractivity contribution in [2.45, 2.75) is 24.8 Å². The molecule has 1 amide bonds. The highest BCUT2D eigenvalue weighted by Crippen LogP contribution is 2.32. The lowest BCUT2D eigenvalue weighted by Crippen LogP contribution is -2.30. The number of carbonyl (C=O) groups excluding carboxylic acids is 1. The van der Waals surface area contributed by atoms with Gasteiger partial charge >= 0.3 is 0 Å². The SMILES string of the molecule is CC(C)NC(=O)c1ccc(NS(=O)(=O)c2ccc3c(c2)OCCO3)cc1. The van der Waals surface area contributed by atoms with Crippen LogP contribution in [0.1, 0.15) is 24.2 Å². The fourth-order valence-corrected chi connectivity index (χ4v) is 3.51. The summed E-state index contributed by atoms with van der Waals surface area (Å²) in [6, 6.07) is 10.7. The molecule has 2 N–H and O–H groups in total. The van der Waals surface area contributed by atoms with E-state index in [1.165, 1.54) is 12.1 Å². The Labute approximate surface area is 152 Å². The molecule has 1 heterocycles. The third-order valence-corrected chi connectivity index (χ3v) is 5.02. The third-order valence-electron chi connectivity index (χ3n) is 3.64. The summed E-state index contributed by atoms with van der Waals surface area (Å²) in [6.07, 6.45) is 0. The predicted molar refractivity (Wildman–Crippen MR) is 97.3 cm³/mol. The first kappa shape index (κ1) is 18.1. The van der Waals surface area contributed by atoms with Crippen LogP contribution in [-0.2, 0) is 10.0 Å². The van der Waals surface area contributed by atoms with Crippen molar-refractivity contribution in [2.75, 3.05) is 17.9 Å². The van der Waals surface area contributed by atoms with Gasteiger partial charge in [-0.15, -0.1) is 0 Å². The molecule has 1 aliphatic rings. The van der Waals surface area contributed by atoms with Crippen LogP contribution in [-0.4, -0.2) is 33.6 Å². The summed E-state index contributed by atoms with van der Waals surface area (Å²) in [5.74, 6) is 0.719. The Balaban J connectivity index is 1.76. The number of fused-ring (bicyclic) bond motifs is 1. The third kappa shape index (κ3) is 4.08. The summed E-state index contributed by atoms with van der Waals surface area (Å²) in [7, 11) is -3.79. The van der Waals surface area contributed by atoms with Crippen LogP contribution in [0, 0.1) is 0 Å². The van der Waals surface area contributed by atoms with Crippen LogP contribution in [0.4, 0.5) is 5.69 Å². The Morgan fingerprint density at radius 2 is 1.65 bits per heavy atom. The van der Waals surface area contributed by atoms with E-state index in [0.29, 0.717) is 36.0 Å². The Bertz CT molecular complexity index is 908. The number of ether oxygens (including phenoxy) is 2. The van der Waals surface area contributed by atoms with Crippen molar-refractivity contribution in [3.63, 3.8) is 0 Å². The number of anilines is 1. The normalized spacial score (nSPS) is 13.3. The number of rotatable bonds is 5. The molecule has 0 atom stereocenters. The van der Waals surface area contributed by atoms with Crippen LogP contribution < -0.4 is 19.5 Å². The molecule has 0 saturated heterocycles. The van der Waals surface area contributed by atoms with E-state index in [9.17, 15) is 13.2 Å². The summed E-state index contributed by atoms with van der Waals surface area (Å²) in [5, 5.41) is 2.78. The van der Waals surface area contributed by atoms with Gasteiger partial charge in [-0.25, -0.2) is 8.42 Å². The summed E-state index contributed by atoms with van der Waals surface area (Å²) < 4.78 is 38.4. The average molecular weight is 376 g/mol. The fourth-order valence-electron chi connectivity index (χ4n) is 2.44. The van der Waals surface area contributed by atoms with E-state index >= 15 is 0 Å². The van der Waals surface area contributed by atoms with Gasteiger partial charge < -0.3 is 14.8 Å². The van der Waals surface area contributed by atoms with E-state index in [-0.39, 0.29) is 16.8 Å². The van der Waals surface area contributed by atoms with E-state index in [4.69, 9.17) is 9.47 Å². The van der Waals surface area contributed by atoms with Gasteiger partial charge in [0.15, 0.2) is 11.5 Å². The quantitative estimate of drug-likeness (QED) is 0.836. The fraction of sp³-hybridized carbons (Fsp3) is 0.278. The number of benzene rings is 2. The van der Waals surface area contributed by atoms with E-state index in [0.717, 1.165) is 0 Å². The minimum Gasteiger partial charge on any atom is -0.486 e. The van der Waals surface area contributed by atoms with Crippen LogP contribution in [0.3, 0.4) is 0 Å². The predicted octanol–water partition coefficient (Wildman–Crippen LogP) is 2.40. The van der Waals surface area contributed by atoms with Gasteiger partial charge in [-0.05, 0) is 50.2 Å². The zero-order valence-corrected chi connectivity index (χ0v) is 15.3. The Morgan fingerprint density at radius 1 is 1.00 bits per heavy atom. The molecule has 2 aromatic rings. The molecule has 26 heavy (non-hydrogen) atoms. The standard InChI is InChI=1S/C18H20N2O5S/c1-12(2)19-18(21)13-3-5-14(6-4-13)20-26(22,23)15-7-8-16-17(11-15)25-10-9-24-16/h3-8,11-12,20H,9-10H2,1-2H3,(H,19,21). The maximum atomic E-state index is 12.6. The lowest BCUT2D eigenvalue weighted by atomic mass is 10.2. The first-order valence-corrected chi connectivity index (χ1v) is 9.67. The van der Waals surface area contributed by atoms with Crippen LogP contribution in [0.15, 0.2) is 47.4 Å². The second-order valence-corrected chi connectivity index (χ2v) is 7.80. The van der Waals surface area contributed by atoms with Gasteiger partial charge in [0.2, 0.25) is 0 Å².